The Bertz CT molecular complexity index is 1090. The van der Waals surface area contributed by atoms with E-state index in [0.717, 1.165) is 23.8 Å². The Morgan fingerprint density at radius 2 is 1.53 bits per heavy atom. The van der Waals surface area contributed by atoms with Crippen molar-refractivity contribution in [1.29, 1.82) is 0 Å². The first-order valence-corrected chi connectivity index (χ1v) is 13.0. The maximum absolute atomic E-state index is 13.8. The third-order valence-corrected chi connectivity index (χ3v) is 8.94. The van der Waals surface area contributed by atoms with Gasteiger partial charge < -0.3 is 9.64 Å². The molecule has 4 aliphatic carbocycles. The van der Waals surface area contributed by atoms with Crippen molar-refractivity contribution in [2.45, 2.75) is 63.3 Å². The zero-order valence-electron chi connectivity index (χ0n) is 20.1. The molecule has 4 bridgehead atoms. The first-order valence-electron chi connectivity index (χ1n) is 13.0. The van der Waals surface area contributed by atoms with E-state index in [4.69, 9.17) is 4.74 Å². The molecule has 0 radical (unpaired) electrons. The van der Waals surface area contributed by atoms with Crippen molar-refractivity contribution in [2.24, 2.45) is 23.2 Å². The molecule has 7 rings (SSSR count). The summed E-state index contributed by atoms with van der Waals surface area (Å²) in [5, 5.41) is 0. The molecule has 2 aromatic carbocycles. The Morgan fingerprint density at radius 3 is 2.11 bits per heavy atom. The molecule has 3 nitrogen and oxygen atoms in total. The number of amides is 1. The highest BCUT2D eigenvalue weighted by molar-refractivity contribution is 5.78. The standard InChI is InChI=1S/C29H31F4NO2/c30-22-7-5-21(6-8-22)27(24-3-1-2-4-25(24)29(31,32)33)36-23-16-34(17-23)26(35)15-28-12-18-9-19(13-28)11-20(10-18)14-28/h1-8,18-20,23,27H,9-17H2. The van der Waals surface area contributed by atoms with Crippen LogP contribution in [0, 0.1) is 29.0 Å². The highest BCUT2D eigenvalue weighted by atomic mass is 19.4. The summed E-state index contributed by atoms with van der Waals surface area (Å²) in [6.07, 6.45) is 2.15. The average Bonchev–Trinajstić information content (AvgIpc) is 2.77. The van der Waals surface area contributed by atoms with Gasteiger partial charge in [0.15, 0.2) is 0 Å². The predicted molar refractivity (Wildman–Crippen MR) is 126 cm³/mol. The van der Waals surface area contributed by atoms with Gasteiger partial charge in [-0.05, 0) is 91.0 Å². The highest BCUT2D eigenvalue weighted by Gasteiger charge is 2.52. The Morgan fingerprint density at radius 1 is 0.944 bits per heavy atom. The summed E-state index contributed by atoms with van der Waals surface area (Å²) in [4.78, 5) is 15.0. The number of halogens is 4. The van der Waals surface area contributed by atoms with Gasteiger partial charge in [-0.2, -0.15) is 13.2 Å². The van der Waals surface area contributed by atoms with Crippen LogP contribution in [0.5, 0.6) is 0 Å². The molecule has 7 heteroatoms. The molecule has 1 aliphatic heterocycles. The van der Waals surface area contributed by atoms with Crippen molar-refractivity contribution in [3.63, 3.8) is 0 Å². The summed E-state index contributed by atoms with van der Waals surface area (Å²) in [6, 6.07) is 10.7. The third kappa shape index (κ3) is 4.55. The van der Waals surface area contributed by atoms with Crippen LogP contribution < -0.4 is 0 Å². The van der Waals surface area contributed by atoms with Gasteiger partial charge in [0, 0.05) is 19.5 Å². The number of benzene rings is 2. The summed E-state index contributed by atoms with van der Waals surface area (Å²) in [7, 11) is 0. The lowest BCUT2D eigenvalue weighted by molar-refractivity contribution is -0.156. The molecular formula is C29H31F4NO2. The minimum absolute atomic E-state index is 0.00467. The normalized spacial score (nSPS) is 30.3. The number of carbonyl (C=O) groups is 1. The molecular weight excluding hydrogens is 470 g/mol. The molecule has 1 unspecified atom stereocenters. The summed E-state index contributed by atoms with van der Waals surface area (Å²) in [5.41, 5.74) is -0.171. The summed E-state index contributed by atoms with van der Waals surface area (Å²) >= 11 is 0. The number of nitrogens with zero attached hydrogens (tertiary/aromatic N) is 1. The van der Waals surface area contributed by atoms with Gasteiger partial charge in [-0.25, -0.2) is 4.39 Å². The Kier molecular flexibility index (Phi) is 5.90. The minimum atomic E-state index is -4.54. The van der Waals surface area contributed by atoms with Gasteiger partial charge in [0.25, 0.3) is 0 Å². The van der Waals surface area contributed by atoms with Crippen LogP contribution in [-0.2, 0) is 15.7 Å². The van der Waals surface area contributed by atoms with E-state index in [0.29, 0.717) is 25.1 Å². The van der Waals surface area contributed by atoms with Crippen LogP contribution >= 0.6 is 0 Å². The van der Waals surface area contributed by atoms with E-state index in [1.807, 2.05) is 0 Å². The monoisotopic (exact) mass is 501 g/mol. The van der Waals surface area contributed by atoms with Crippen molar-refractivity contribution < 1.29 is 27.1 Å². The van der Waals surface area contributed by atoms with E-state index in [1.165, 1.54) is 74.9 Å². The zero-order valence-corrected chi connectivity index (χ0v) is 20.1. The number of likely N-dealkylation sites (tertiary alicyclic amines) is 1. The fourth-order valence-corrected chi connectivity index (χ4v) is 7.81. The van der Waals surface area contributed by atoms with Crippen LogP contribution in [0.15, 0.2) is 48.5 Å². The average molecular weight is 502 g/mol. The van der Waals surface area contributed by atoms with Crippen LogP contribution in [0.1, 0.15) is 67.7 Å². The Balaban J connectivity index is 1.15. The zero-order chi connectivity index (χ0) is 25.1. The first-order chi connectivity index (χ1) is 17.2. The van der Waals surface area contributed by atoms with Gasteiger partial charge >= 0.3 is 6.18 Å². The number of ether oxygens (including phenoxy) is 1. The molecule has 0 N–H and O–H groups in total. The lowest BCUT2D eigenvalue weighted by atomic mass is 9.49. The maximum Gasteiger partial charge on any atom is 0.416 e. The molecule has 2 aromatic rings. The molecule has 5 fully saturated rings. The topological polar surface area (TPSA) is 29.5 Å². The van der Waals surface area contributed by atoms with E-state index in [1.54, 1.807) is 11.0 Å². The second-order valence-corrected chi connectivity index (χ2v) is 11.7. The van der Waals surface area contributed by atoms with E-state index < -0.39 is 23.7 Å². The summed E-state index contributed by atoms with van der Waals surface area (Å²) < 4.78 is 61.1. The first kappa shape index (κ1) is 24.0. The molecule has 1 amide bonds. The van der Waals surface area contributed by atoms with E-state index in [9.17, 15) is 22.4 Å². The van der Waals surface area contributed by atoms with Gasteiger partial charge in [-0.1, -0.05) is 30.3 Å². The SMILES string of the molecule is O=C(CC12CC3CC(CC(C3)C1)C2)N1CC(OC(c2ccc(F)cc2)c2ccccc2C(F)(F)F)C1. The second kappa shape index (κ2) is 8.86. The van der Waals surface area contributed by atoms with Crippen LogP contribution in [0.2, 0.25) is 0 Å². The van der Waals surface area contributed by atoms with E-state index in [2.05, 4.69) is 0 Å². The smallest absolute Gasteiger partial charge is 0.362 e. The van der Waals surface area contributed by atoms with Gasteiger partial charge in [0.05, 0.1) is 11.7 Å². The fraction of sp³-hybridized carbons (Fsp3) is 0.552. The van der Waals surface area contributed by atoms with Crippen molar-refractivity contribution in [2.75, 3.05) is 13.1 Å². The summed E-state index contributed by atoms with van der Waals surface area (Å²) in [5.74, 6) is 2.02. The van der Waals surface area contributed by atoms with E-state index in [-0.39, 0.29) is 23.0 Å². The van der Waals surface area contributed by atoms with Gasteiger partial charge in [0.2, 0.25) is 5.91 Å². The molecule has 1 atom stereocenters. The molecule has 36 heavy (non-hydrogen) atoms. The van der Waals surface area contributed by atoms with Crippen molar-refractivity contribution in [3.05, 3.63) is 71.0 Å². The number of hydrogen-bond acceptors (Lipinski definition) is 2. The van der Waals surface area contributed by atoms with Crippen molar-refractivity contribution in [3.8, 4) is 0 Å². The highest BCUT2D eigenvalue weighted by Crippen LogP contribution is 2.61. The number of alkyl halides is 3. The van der Waals surface area contributed by atoms with Crippen molar-refractivity contribution in [1.82, 2.24) is 4.90 Å². The third-order valence-electron chi connectivity index (χ3n) is 8.94. The van der Waals surface area contributed by atoms with Gasteiger partial charge in [0.1, 0.15) is 11.9 Å². The largest absolute Gasteiger partial charge is 0.416 e. The summed E-state index contributed by atoms with van der Waals surface area (Å²) in [6.45, 7) is 0.744. The molecule has 5 aliphatic rings. The van der Waals surface area contributed by atoms with Crippen molar-refractivity contribution >= 4 is 5.91 Å². The number of hydrogen-bond donors (Lipinski definition) is 0. The number of carbonyl (C=O) groups excluding carboxylic acids is 1. The lowest BCUT2D eigenvalue weighted by Crippen LogP contribution is -2.57. The molecule has 1 heterocycles. The molecule has 1 saturated heterocycles. The van der Waals surface area contributed by atoms with E-state index >= 15 is 0 Å². The number of rotatable bonds is 6. The van der Waals surface area contributed by atoms with Gasteiger partial charge in [-0.3, -0.25) is 4.79 Å². The Labute approximate surface area is 208 Å². The molecule has 0 spiro atoms. The van der Waals surface area contributed by atoms with Gasteiger partial charge in [-0.15, -0.1) is 0 Å². The lowest BCUT2D eigenvalue weighted by Gasteiger charge is -2.57. The quantitative estimate of drug-likeness (QED) is 0.409. The molecule has 4 saturated carbocycles. The van der Waals surface area contributed by atoms with Crippen LogP contribution in [0.25, 0.3) is 0 Å². The second-order valence-electron chi connectivity index (χ2n) is 11.7. The Hall–Kier alpha value is -2.41. The molecule has 0 aromatic heterocycles. The molecule has 192 valence electrons. The maximum atomic E-state index is 13.8. The predicted octanol–water partition coefficient (Wildman–Crippen LogP) is 6.77. The minimum Gasteiger partial charge on any atom is -0.362 e. The fourth-order valence-electron chi connectivity index (χ4n) is 7.81. The van der Waals surface area contributed by atoms with Crippen LogP contribution in [-0.4, -0.2) is 30.0 Å². The van der Waals surface area contributed by atoms with Crippen LogP contribution in [0.4, 0.5) is 17.6 Å². The van der Waals surface area contributed by atoms with Crippen LogP contribution in [0.3, 0.4) is 0 Å².